The second-order valence-corrected chi connectivity index (χ2v) is 2.62. The summed E-state index contributed by atoms with van der Waals surface area (Å²) in [5.41, 5.74) is 0. The third-order valence-corrected chi connectivity index (χ3v) is 1.64. The molecule has 0 atom stereocenters. The Labute approximate surface area is 68.6 Å². The number of aromatic amines is 1. The molecule has 0 amide bonds. The van der Waals surface area contributed by atoms with Crippen LogP contribution in [0.1, 0.15) is 0 Å². The summed E-state index contributed by atoms with van der Waals surface area (Å²) in [5.74, 6) is 0.914. The molecule has 0 spiro atoms. The zero-order chi connectivity index (χ0) is 7.68. The predicted molar refractivity (Wildman–Crippen MR) is 42.9 cm³/mol. The van der Waals surface area contributed by atoms with Gasteiger partial charge in [0.25, 0.3) is 0 Å². The van der Waals surface area contributed by atoms with Crippen LogP contribution in [0, 0.1) is 0 Å². The molecule has 0 aliphatic heterocycles. The van der Waals surface area contributed by atoms with Gasteiger partial charge in [0.1, 0.15) is 5.82 Å². The minimum Gasteiger partial charge on any atom is -0.307 e. The molecular weight excluding hydrogens is 162 g/mol. The van der Waals surface area contributed by atoms with E-state index in [9.17, 15) is 0 Å². The Morgan fingerprint density at radius 2 is 2.36 bits per heavy atom. The maximum absolute atomic E-state index is 5.72. The average molecular weight is 168 g/mol. The molecule has 0 aliphatic carbocycles. The van der Waals surface area contributed by atoms with E-state index in [2.05, 4.69) is 10.2 Å². The van der Waals surface area contributed by atoms with Gasteiger partial charge >= 0.3 is 0 Å². The number of nitrogens with one attached hydrogen (secondary N) is 1. The Hall–Kier alpha value is -1.22. The normalized spacial score (nSPS) is 10.3. The van der Waals surface area contributed by atoms with Crippen LogP contribution in [-0.4, -0.2) is 14.8 Å². The van der Waals surface area contributed by atoms with Crippen LogP contribution in [-0.2, 0) is 0 Å². The van der Waals surface area contributed by atoms with E-state index in [1.54, 1.807) is 6.20 Å². The number of hydrogen-bond acceptors (Lipinski definition) is 1. The monoisotopic (exact) mass is 167 g/mol. The molecule has 0 bridgehead atoms. The van der Waals surface area contributed by atoms with Crippen LogP contribution >= 0.6 is 11.6 Å². The van der Waals surface area contributed by atoms with E-state index in [-0.39, 0.29) is 0 Å². The highest BCUT2D eigenvalue weighted by Gasteiger charge is 1.96. The van der Waals surface area contributed by atoms with Crippen molar-refractivity contribution in [2.24, 2.45) is 0 Å². The molecule has 1 N–H and O–H groups in total. The summed E-state index contributed by atoms with van der Waals surface area (Å²) < 4.78 is 1.87. The highest BCUT2D eigenvalue weighted by atomic mass is 35.5. The molecule has 11 heavy (non-hydrogen) atoms. The lowest BCUT2D eigenvalue weighted by atomic mass is 10.6. The van der Waals surface area contributed by atoms with Crippen molar-refractivity contribution in [2.75, 3.05) is 0 Å². The molecule has 0 saturated heterocycles. The summed E-state index contributed by atoms with van der Waals surface area (Å²) in [7, 11) is 0. The molecule has 2 aromatic rings. The number of aromatic nitrogens is 3. The molecule has 0 unspecified atom stereocenters. The summed E-state index contributed by atoms with van der Waals surface area (Å²) in [6.07, 6.45) is 5.38. The van der Waals surface area contributed by atoms with Gasteiger partial charge in [-0.25, -0.2) is 0 Å². The van der Waals surface area contributed by atoms with E-state index in [4.69, 9.17) is 11.6 Å². The fraction of sp³-hybridized carbons (Fsp3) is 0. The molecule has 0 aromatic carbocycles. The predicted octanol–water partition coefficient (Wildman–Crippen LogP) is 1.85. The Morgan fingerprint density at radius 1 is 1.45 bits per heavy atom. The van der Waals surface area contributed by atoms with E-state index in [0.29, 0.717) is 0 Å². The quantitative estimate of drug-likeness (QED) is 0.691. The van der Waals surface area contributed by atoms with Gasteiger partial charge in [-0.2, -0.15) is 5.10 Å². The van der Waals surface area contributed by atoms with Crippen molar-refractivity contribution in [2.45, 2.75) is 0 Å². The molecule has 4 heteroatoms. The largest absolute Gasteiger partial charge is 0.307 e. The van der Waals surface area contributed by atoms with Gasteiger partial charge in [-0.15, -0.1) is 0 Å². The van der Waals surface area contributed by atoms with E-state index in [0.717, 1.165) is 10.8 Å². The Bertz CT molecular complexity index is 336. The molecule has 2 heterocycles. The minimum atomic E-state index is 0.722. The van der Waals surface area contributed by atoms with Gasteiger partial charge in [-0.05, 0) is 6.07 Å². The van der Waals surface area contributed by atoms with Crippen molar-refractivity contribution in [3.05, 3.63) is 35.7 Å². The van der Waals surface area contributed by atoms with Crippen molar-refractivity contribution in [1.82, 2.24) is 14.8 Å². The summed E-state index contributed by atoms with van der Waals surface area (Å²) >= 11 is 5.72. The molecular formula is C7H6ClN3. The first-order valence-corrected chi connectivity index (χ1v) is 3.57. The lowest BCUT2D eigenvalue weighted by Crippen LogP contribution is -1.88. The lowest BCUT2D eigenvalue weighted by Gasteiger charge is -1.93. The fourth-order valence-electron chi connectivity index (χ4n) is 0.913. The molecule has 0 saturated carbocycles. The van der Waals surface area contributed by atoms with E-state index in [1.807, 2.05) is 29.1 Å². The van der Waals surface area contributed by atoms with E-state index in [1.165, 1.54) is 0 Å². The highest BCUT2D eigenvalue weighted by molar-refractivity contribution is 6.30. The topological polar surface area (TPSA) is 33.6 Å². The van der Waals surface area contributed by atoms with E-state index >= 15 is 0 Å². The lowest BCUT2D eigenvalue weighted by molar-refractivity contribution is 0.965. The third kappa shape index (κ3) is 1.14. The van der Waals surface area contributed by atoms with E-state index < -0.39 is 0 Å². The third-order valence-electron chi connectivity index (χ3n) is 1.42. The zero-order valence-corrected chi connectivity index (χ0v) is 6.42. The van der Waals surface area contributed by atoms with Crippen molar-refractivity contribution < 1.29 is 0 Å². The first kappa shape index (κ1) is 6.49. The van der Waals surface area contributed by atoms with Crippen LogP contribution < -0.4 is 0 Å². The Kier molecular flexibility index (Phi) is 1.43. The van der Waals surface area contributed by atoms with Gasteiger partial charge in [-0.3, -0.25) is 5.10 Å². The first-order chi connectivity index (χ1) is 5.36. The van der Waals surface area contributed by atoms with Crippen LogP contribution in [0.15, 0.2) is 30.7 Å². The first-order valence-electron chi connectivity index (χ1n) is 3.19. The Morgan fingerprint density at radius 3 is 2.91 bits per heavy atom. The van der Waals surface area contributed by atoms with Gasteiger partial charge in [0, 0.05) is 18.5 Å². The van der Waals surface area contributed by atoms with Gasteiger partial charge in [0.2, 0.25) is 0 Å². The van der Waals surface area contributed by atoms with Gasteiger partial charge < -0.3 is 4.57 Å². The molecule has 0 fully saturated rings. The number of halogens is 1. The van der Waals surface area contributed by atoms with Crippen LogP contribution in [0.4, 0.5) is 0 Å². The Balaban J connectivity index is 2.45. The summed E-state index contributed by atoms with van der Waals surface area (Å²) in [5, 5.41) is 7.36. The van der Waals surface area contributed by atoms with Crippen molar-refractivity contribution in [3.8, 4) is 5.82 Å². The molecule has 0 aliphatic rings. The van der Waals surface area contributed by atoms with Crippen LogP contribution in [0.2, 0.25) is 5.02 Å². The van der Waals surface area contributed by atoms with Crippen LogP contribution in [0.3, 0.4) is 0 Å². The zero-order valence-electron chi connectivity index (χ0n) is 5.66. The van der Waals surface area contributed by atoms with Crippen LogP contribution in [0.5, 0.6) is 0 Å². The molecule has 3 nitrogen and oxygen atoms in total. The minimum absolute atomic E-state index is 0.722. The van der Waals surface area contributed by atoms with Crippen molar-refractivity contribution >= 4 is 11.6 Å². The SMILES string of the molecule is Clc1ccn(-c2ccn[nH]2)c1. The molecule has 2 aromatic heterocycles. The summed E-state index contributed by atoms with van der Waals surface area (Å²) in [6.45, 7) is 0. The standard InChI is InChI=1S/C7H6ClN3/c8-6-2-4-11(5-6)7-1-3-9-10-7/h1-5H,(H,9,10). The number of hydrogen-bond donors (Lipinski definition) is 1. The molecule has 0 radical (unpaired) electrons. The van der Waals surface area contributed by atoms with Crippen molar-refractivity contribution in [3.63, 3.8) is 0 Å². The summed E-state index contributed by atoms with van der Waals surface area (Å²) in [6, 6.07) is 3.69. The van der Waals surface area contributed by atoms with Gasteiger partial charge in [0.05, 0.1) is 11.2 Å². The van der Waals surface area contributed by atoms with Gasteiger partial charge in [0.15, 0.2) is 0 Å². The number of rotatable bonds is 1. The smallest absolute Gasteiger partial charge is 0.132 e. The maximum atomic E-state index is 5.72. The summed E-state index contributed by atoms with van der Waals surface area (Å²) in [4.78, 5) is 0. The fourth-order valence-corrected chi connectivity index (χ4v) is 1.07. The molecule has 56 valence electrons. The number of H-pyrrole nitrogens is 1. The van der Waals surface area contributed by atoms with Crippen molar-refractivity contribution in [1.29, 1.82) is 0 Å². The second kappa shape index (κ2) is 2.43. The second-order valence-electron chi connectivity index (χ2n) is 2.18. The van der Waals surface area contributed by atoms with Crippen LogP contribution in [0.25, 0.3) is 5.82 Å². The average Bonchev–Trinajstić information content (AvgIpc) is 2.55. The highest BCUT2D eigenvalue weighted by Crippen LogP contribution is 2.11. The number of nitrogens with zero attached hydrogens (tertiary/aromatic N) is 2. The maximum Gasteiger partial charge on any atom is 0.132 e. The molecule has 2 rings (SSSR count). The van der Waals surface area contributed by atoms with Gasteiger partial charge in [-0.1, -0.05) is 11.6 Å².